The number of carbonyl (C=O) groups is 1. The molecule has 0 unspecified atom stereocenters. The Morgan fingerprint density at radius 3 is 2.48 bits per heavy atom. The maximum Gasteiger partial charge on any atom is 0.341 e. The van der Waals surface area contributed by atoms with Crippen molar-refractivity contribution >= 4 is 23.3 Å². The van der Waals surface area contributed by atoms with E-state index in [4.69, 9.17) is 14.6 Å². The monoisotopic (exact) mass is 337 g/mol. The van der Waals surface area contributed by atoms with Crippen molar-refractivity contribution < 1.29 is 19.4 Å². The molecular weight excluding hydrogens is 312 g/mol. The van der Waals surface area contributed by atoms with Gasteiger partial charge in [-0.15, -0.1) is 11.8 Å². The third kappa shape index (κ3) is 5.01. The highest BCUT2D eigenvalue weighted by Gasteiger charge is 2.23. The predicted octanol–water partition coefficient (Wildman–Crippen LogP) is 3.36. The molecule has 0 spiro atoms. The number of thioether (sulfide) groups is 1. The molecule has 1 fully saturated rings. The number of allylic oxidation sites excluding steroid dienone is 1. The number of rotatable bonds is 8. The second kappa shape index (κ2) is 8.41. The minimum atomic E-state index is -0.401. The van der Waals surface area contributed by atoms with E-state index in [9.17, 15) is 4.79 Å². The van der Waals surface area contributed by atoms with Crippen molar-refractivity contribution in [3.63, 3.8) is 0 Å². The zero-order valence-electron chi connectivity index (χ0n) is 13.9. The number of benzene rings is 1. The van der Waals surface area contributed by atoms with Crippen LogP contribution in [0.3, 0.4) is 0 Å². The zero-order valence-corrected chi connectivity index (χ0v) is 14.7. The lowest BCUT2D eigenvalue weighted by Crippen LogP contribution is -2.16. The summed E-state index contributed by atoms with van der Waals surface area (Å²) in [5, 5.41) is 8.16. The van der Waals surface area contributed by atoms with Crippen molar-refractivity contribution in [1.82, 2.24) is 0 Å². The topological polar surface area (TPSA) is 58.4 Å². The fourth-order valence-corrected chi connectivity index (χ4v) is 3.23. The lowest BCUT2D eigenvalue weighted by atomic mass is 10.0. The third-order valence-electron chi connectivity index (χ3n) is 3.59. The summed E-state index contributed by atoms with van der Waals surface area (Å²) in [6.45, 7) is 3.91. The van der Waals surface area contributed by atoms with E-state index in [-0.39, 0.29) is 12.7 Å². The van der Waals surface area contributed by atoms with E-state index >= 15 is 0 Å². The van der Waals surface area contributed by atoms with Gasteiger partial charge in [0.1, 0.15) is 11.3 Å². The van der Waals surface area contributed by atoms with Crippen molar-refractivity contribution in [3.05, 3.63) is 35.6 Å². The second-order valence-electron chi connectivity index (χ2n) is 5.62. The Balaban J connectivity index is 2.30. The molecule has 1 saturated carbocycles. The van der Waals surface area contributed by atoms with Crippen LogP contribution in [0.4, 0.5) is 0 Å². The van der Waals surface area contributed by atoms with Gasteiger partial charge < -0.3 is 14.6 Å². The van der Waals surface area contributed by atoms with Crippen molar-refractivity contribution in [3.8, 4) is 0 Å². The van der Waals surface area contributed by atoms with E-state index in [0.29, 0.717) is 17.8 Å². The normalized spacial score (nSPS) is 16.5. The summed E-state index contributed by atoms with van der Waals surface area (Å²) in [4.78, 5) is 13.5. The SMILES string of the molecule is CC/C(O[C@H](C)C[OH2+])=C(\C(=O)OC)c1ccc(SC2CC2)cc1. The fourth-order valence-electron chi connectivity index (χ4n) is 2.18. The van der Waals surface area contributed by atoms with Crippen LogP contribution in [0.15, 0.2) is 34.9 Å². The Kier molecular flexibility index (Phi) is 6.54. The molecule has 1 aliphatic rings. The first kappa shape index (κ1) is 17.9. The van der Waals surface area contributed by atoms with Crippen molar-refractivity contribution in [1.29, 1.82) is 0 Å². The van der Waals surface area contributed by atoms with Crippen LogP contribution in [0, 0.1) is 0 Å². The highest BCUT2D eigenvalue weighted by atomic mass is 32.2. The number of esters is 1. The van der Waals surface area contributed by atoms with Crippen molar-refractivity contribution in [2.45, 2.75) is 49.4 Å². The number of hydrogen-bond acceptors (Lipinski definition) is 4. The Morgan fingerprint density at radius 1 is 1.35 bits per heavy atom. The van der Waals surface area contributed by atoms with Gasteiger partial charge in [0.15, 0.2) is 12.7 Å². The lowest BCUT2D eigenvalue weighted by molar-refractivity contribution is -0.133. The molecule has 0 aromatic heterocycles. The molecule has 4 nitrogen and oxygen atoms in total. The maximum absolute atomic E-state index is 12.2. The molecular formula is C18H25O4S+. The van der Waals surface area contributed by atoms with Gasteiger partial charge in [0.2, 0.25) is 0 Å². The molecule has 0 bridgehead atoms. The highest BCUT2D eigenvalue weighted by molar-refractivity contribution is 8.00. The predicted molar refractivity (Wildman–Crippen MR) is 93.6 cm³/mol. The summed E-state index contributed by atoms with van der Waals surface area (Å²) in [5.41, 5.74) is 1.25. The van der Waals surface area contributed by atoms with Crippen LogP contribution in [0.25, 0.3) is 5.57 Å². The molecule has 1 aromatic carbocycles. The average Bonchev–Trinajstić information content (AvgIpc) is 3.39. The van der Waals surface area contributed by atoms with Crippen LogP contribution >= 0.6 is 11.8 Å². The maximum atomic E-state index is 12.2. The minimum Gasteiger partial charge on any atom is -0.486 e. The molecule has 2 rings (SSSR count). The quantitative estimate of drug-likeness (QED) is 0.316. The number of carbonyl (C=O) groups excluding carboxylic acids is 1. The van der Waals surface area contributed by atoms with Crippen LogP contribution in [-0.2, 0) is 14.3 Å². The Bertz CT molecular complexity index is 561. The van der Waals surface area contributed by atoms with Gasteiger partial charge in [0.25, 0.3) is 0 Å². The number of methoxy groups -OCH3 is 1. The molecule has 0 amide bonds. The van der Waals surface area contributed by atoms with Gasteiger partial charge in [-0.2, -0.15) is 0 Å². The van der Waals surface area contributed by atoms with Gasteiger partial charge in [0.05, 0.1) is 7.11 Å². The van der Waals surface area contributed by atoms with E-state index in [2.05, 4.69) is 0 Å². The molecule has 2 N–H and O–H groups in total. The summed E-state index contributed by atoms with van der Waals surface area (Å²) in [6.07, 6.45) is 2.90. The molecule has 0 heterocycles. The largest absolute Gasteiger partial charge is 0.486 e. The first-order valence-electron chi connectivity index (χ1n) is 7.98. The second-order valence-corrected chi connectivity index (χ2v) is 6.99. The van der Waals surface area contributed by atoms with E-state index in [1.165, 1.54) is 24.8 Å². The van der Waals surface area contributed by atoms with Crippen LogP contribution in [0.2, 0.25) is 0 Å². The van der Waals surface area contributed by atoms with Crippen LogP contribution in [-0.4, -0.2) is 36.1 Å². The van der Waals surface area contributed by atoms with E-state index < -0.39 is 5.97 Å². The highest BCUT2D eigenvalue weighted by Crippen LogP contribution is 2.39. The van der Waals surface area contributed by atoms with E-state index in [1.807, 2.05) is 49.9 Å². The molecule has 0 saturated heterocycles. The Labute approximate surface area is 141 Å². The molecule has 1 atom stereocenters. The summed E-state index contributed by atoms with van der Waals surface area (Å²) < 4.78 is 10.7. The molecule has 23 heavy (non-hydrogen) atoms. The van der Waals surface area contributed by atoms with Gasteiger partial charge >= 0.3 is 5.97 Å². The zero-order chi connectivity index (χ0) is 16.8. The van der Waals surface area contributed by atoms with Gasteiger partial charge in [-0.05, 0) is 37.5 Å². The van der Waals surface area contributed by atoms with Crippen LogP contribution < -0.4 is 0 Å². The Morgan fingerprint density at radius 2 is 2.00 bits per heavy atom. The smallest absolute Gasteiger partial charge is 0.341 e. The summed E-state index contributed by atoms with van der Waals surface area (Å²) in [5.74, 6) is 0.181. The summed E-state index contributed by atoms with van der Waals surface area (Å²) >= 11 is 1.88. The molecule has 1 aliphatic carbocycles. The Hall–Kier alpha value is -1.46. The fraction of sp³-hybridized carbons (Fsp3) is 0.500. The number of ether oxygens (including phenoxy) is 2. The molecule has 0 radical (unpaired) electrons. The van der Waals surface area contributed by atoms with E-state index in [0.717, 1.165) is 10.8 Å². The van der Waals surface area contributed by atoms with E-state index in [1.54, 1.807) is 0 Å². The standard InChI is InChI=1S/C18H24O4S/c1-4-16(22-12(2)11-19)17(18(20)21-3)13-5-7-14(8-6-13)23-15-9-10-15/h5-8,12,15,19H,4,9-11H2,1-3H3/p+1/b17-16+/t12-/m1/s1. The summed E-state index contributed by atoms with van der Waals surface area (Å²) in [6, 6.07) is 7.98. The number of hydrogen-bond donors (Lipinski definition) is 0. The molecule has 1 aromatic rings. The minimum absolute atomic E-state index is 0.148. The first-order valence-corrected chi connectivity index (χ1v) is 8.86. The van der Waals surface area contributed by atoms with Crippen molar-refractivity contribution in [2.24, 2.45) is 0 Å². The third-order valence-corrected chi connectivity index (χ3v) is 4.94. The molecule has 126 valence electrons. The average molecular weight is 337 g/mol. The van der Waals surface area contributed by atoms with Gasteiger partial charge in [-0.3, -0.25) is 0 Å². The molecule has 5 heteroatoms. The first-order chi connectivity index (χ1) is 11.1. The van der Waals surface area contributed by atoms with Crippen molar-refractivity contribution in [2.75, 3.05) is 13.7 Å². The van der Waals surface area contributed by atoms with Gasteiger partial charge in [-0.1, -0.05) is 19.1 Å². The van der Waals surface area contributed by atoms with Gasteiger partial charge in [0, 0.05) is 16.6 Å². The van der Waals surface area contributed by atoms with Crippen LogP contribution in [0.1, 0.15) is 38.7 Å². The summed E-state index contributed by atoms with van der Waals surface area (Å²) in [7, 11) is 1.38. The van der Waals surface area contributed by atoms with Crippen LogP contribution in [0.5, 0.6) is 0 Å². The van der Waals surface area contributed by atoms with Gasteiger partial charge in [-0.25, -0.2) is 4.79 Å². The molecule has 0 aliphatic heterocycles. The lowest BCUT2D eigenvalue weighted by Gasteiger charge is -2.17.